The first-order valence-corrected chi connectivity index (χ1v) is 12.8. The van der Waals surface area contributed by atoms with Gasteiger partial charge < -0.3 is 15.2 Å². The summed E-state index contributed by atoms with van der Waals surface area (Å²) in [6.45, 7) is 2.65. The van der Waals surface area contributed by atoms with Crippen molar-refractivity contribution in [2.24, 2.45) is 0 Å². The number of aryl methyl sites for hydroxylation is 1. The topological polar surface area (TPSA) is 78.6 Å². The third kappa shape index (κ3) is 11.2. The summed E-state index contributed by atoms with van der Waals surface area (Å²) in [5, 5.41) is 0. The van der Waals surface area contributed by atoms with E-state index in [1.807, 2.05) is 24.3 Å². The molecule has 0 spiro atoms. The van der Waals surface area contributed by atoms with Gasteiger partial charge in [-0.15, -0.1) is 0 Å². The van der Waals surface area contributed by atoms with Gasteiger partial charge in [0, 0.05) is 28.3 Å². The van der Waals surface area contributed by atoms with E-state index >= 15 is 0 Å². The molecule has 0 saturated carbocycles. The summed E-state index contributed by atoms with van der Waals surface area (Å²) in [5.41, 5.74) is 7.70. The lowest BCUT2D eigenvalue weighted by Crippen LogP contribution is -2.07. The number of unbranched alkanes of at least 4 members (excludes halogenated alkanes) is 2. The van der Waals surface area contributed by atoms with Crippen LogP contribution in [0.2, 0.25) is 0 Å². The van der Waals surface area contributed by atoms with E-state index in [0.717, 1.165) is 37.8 Å². The Kier molecular flexibility index (Phi) is 12.0. The third-order valence-corrected chi connectivity index (χ3v) is 6.90. The van der Waals surface area contributed by atoms with Crippen molar-refractivity contribution in [3.63, 3.8) is 0 Å². The van der Waals surface area contributed by atoms with E-state index < -0.39 is 0 Å². The Hall–Kier alpha value is -2.12. The third-order valence-electron chi connectivity index (χ3n) is 4.49. The van der Waals surface area contributed by atoms with Crippen LogP contribution in [-0.2, 0) is 25.5 Å². The van der Waals surface area contributed by atoms with Gasteiger partial charge in [0.05, 0.1) is 13.2 Å². The van der Waals surface area contributed by atoms with Crippen molar-refractivity contribution in [3.8, 4) is 0 Å². The van der Waals surface area contributed by atoms with Gasteiger partial charge in [0.15, 0.2) is 0 Å². The zero-order valence-corrected chi connectivity index (χ0v) is 19.6. The van der Waals surface area contributed by atoms with Gasteiger partial charge in [0.25, 0.3) is 0 Å². The average molecular weight is 462 g/mol. The monoisotopic (exact) mass is 461 g/mol. The lowest BCUT2D eigenvalue weighted by molar-refractivity contribution is -0.144. The maximum Gasteiger partial charge on any atom is 0.305 e. The first kappa shape index (κ1) is 25.1. The highest BCUT2D eigenvalue weighted by Gasteiger charge is 2.04. The van der Waals surface area contributed by atoms with Gasteiger partial charge in [-0.25, -0.2) is 0 Å². The maximum atomic E-state index is 11.8. The highest BCUT2D eigenvalue weighted by atomic mass is 33.1. The summed E-state index contributed by atoms with van der Waals surface area (Å²) < 4.78 is 10.3. The Morgan fingerprint density at radius 2 is 1.32 bits per heavy atom. The largest absolute Gasteiger partial charge is 0.466 e. The maximum absolute atomic E-state index is 11.8. The Bertz CT molecular complexity index is 794. The van der Waals surface area contributed by atoms with Gasteiger partial charge in [-0.2, -0.15) is 0 Å². The second-order valence-corrected chi connectivity index (χ2v) is 9.36. The first-order valence-electron chi connectivity index (χ1n) is 10.7. The summed E-state index contributed by atoms with van der Waals surface area (Å²) in [6, 6.07) is 16.3. The second-order valence-electron chi connectivity index (χ2n) is 7.09. The number of benzene rings is 2. The van der Waals surface area contributed by atoms with Crippen LogP contribution < -0.4 is 5.73 Å². The van der Waals surface area contributed by atoms with Gasteiger partial charge in [0.1, 0.15) is 0 Å². The summed E-state index contributed by atoms with van der Waals surface area (Å²) in [7, 11) is 3.42. The van der Waals surface area contributed by atoms with Crippen molar-refractivity contribution in [1.82, 2.24) is 0 Å². The SMILES string of the molecule is CCC(=O)OCCCCCOC(=O)CCCc1ccc(SSc2ccc(N)cc2)cc1. The van der Waals surface area contributed by atoms with Crippen LogP contribution in [0.4, 0.5) is 5.69 Å². The Morgan fingerprint density at radius 3 is 1.90 bits per heavy atom. The van der Waals surface area contributed by atoms with Crippen molar-refractivity contribution in [2.45, 2.75) is 61.7 Å². The Labute approximate surface area is 192 Å². The minimum absolute atomic E-state index is 0.149. The number of rotatable bonds is 14. The van der Waals surface area contributed by atoms with Gasteiger partial charge >= 0.3 is 11.9 Å². The van der Waals surface area contributed by atoms with E-state index in [-0.39, 0.29) is 11.9 Å². The average Bonchev–Trinajstić information content (AvgIpc) is 2.78. The molecule has 2 aromatic carbocycles. The molecule has 0 aromatic heterocycles. The second kappa shape index (κ2) is 14.8. The number of carbonyl (C=O) groups is 2. The molecular weight excluding hydrogens is 430 g/mol. The molecule has 2 N–H and O–H groups in total. The van der Waals surface area contributed by atoms with Crippen molar-refractivity contribution < 1.29 is 19.1 Å². The van der Waals surface area contributed by atoms with Crippen LogP contribution >= 0.6 is 21.6 Å². The zero-order chi connectivity index (χ0) is 22.3. The van der Waals surface area contributed by atoms with Crippen molar-refractivity contribution in [3.05, 3.63) is 54.1 Å². The molecule has 0 atom stereocenters. The van der Waals surface area contributed by atoms with E-state index in [1.54, 1.807) is 28.5 Å². The summed E-state index contributed by atoms with van der Waals surface area (Å²) in [5.74, 6) is -0.318. The number of esters is 2. The molecule has 0 amide bonds. The minimum atomic E-state index is -0.170. The van der Waals surface area contributed by atoms with E-state index in [4.69, 9.17) is 15.2 Å². The number of carbonyl (C=O) groups excluding carboxylic acids is 2. The van der Waals surface area contributed by atoms with E-state index in [9.17, 15) is 9.59 Å². The molecule has 0 aliphatic heterocycles. The number of hydrogen-bond donors (Lipinski definition) is 1. The number of nitrogens with two attached hydrogens (primary N) is 1. The molecule has 0 unspecified atom stereocenters. The molecule has 2 rings (SSSR count). The highest BCUT2D eigenvalue weighted by Crippen LogP contribution is 2.37. The smallest absolute Gasteiger partial charge is 0.305 e. The van der Waals surface area contributed by atoms with E-state index in [0.29, 0.717) is 26.1 Å². The van der Waals surface area contributed by atoms with Crippen LogP contribution in [0.25, 0.3) is 0 Å². The van der Waals surface area contributed by atoms with Gasteiger partial charge in [0.2, 0.25) is 0 Å². The van der Waals surface area contributed by atoms with Crippen LogP contribution in [0.3, 0.4) is 0 Å². The molecule has 0 aliphatic rings. The van der Waals surface area contributed by atoms with Gasteiger partial charge in [-0.3, -0.25) is 9.59 Å². The van der Waals surface area contributed by atoms with Crippen LogP contribution in [0.5, 0.6) is 0 Å². The lowest BCUT2D eigenvalue weighted by Gasteiger charge is -2.06. The quantitative estimate of drug-likeness (QED) is 0.159. The molecular formula is C24H31NO4S2. The fraction of sp³-hybridized carbons (Fsp3) is 0.417. The minimum Gasteiger partial charge on any atom is -0.466 e. The van der Waals surface area contributed by atoms with Gasteiger partial charge in [-0.05, 0) is 74.1 Å². The Balaban J connectivity index is 1.53. The van der Waals surface area contributed by atoms with E-state index in [2.05, 4.69) is 24.3 Å². The van der Waals surface area contributed by atoms with E-state index in [1.165, 1.54) is 15.4 Å². The predicted molar refractivity (Wildman–Crippen MR) is 128 cm³/mol. The van der Waals surface area contributed by atoms with Crippen LogP contribution in [0.15, 0.2) is 58.3 Å². The van der Waals surface area contributed by atoms with Crippen molar-refractivity contribution in [1.29, 1.82) is 0 Å². The molecule has 168 valence electrons. The van der Waals surface area contributed by atoms with Gasteiger partial charge in [-0.1, -0.05) is 40.6 Å². The fourth-order valence-electron chi connectivity index (χ4n) is 2.70. The first-order chi connectivity index (χ1) is 15.1. The molecule has 5 nitrogen and oxygen atoms in total. The molecule has 0 heterocycles. The molecule has 2 aromatic rings. The lowest BCUT2D eigenvalue weighted by atomic mass is 10.1. The molecule has 0 aliphatic carbocycles. The van der Waals surface area contributed by atoms with Crippen LogP contribution in [0, 0.1) is 0 Å². The molecule has 7 heteroatoms. The number of hydrogen-bond acceptors (Lipinski definition) is 7. The summed E-state index contributed by atoms with van der Waals surface area (Å²) in [6.07, 6.45) is 4.94. The summed E-state index contributed by atoms with van der Waals surface area (Å²) >= 11 is 0. The fourth-order valence-corrected chi connectivity index (χ4v) is 4.63. The van der Waals surface area contributed by atoms with Crippen LogP contribution in [0.1, 0.15) is 51.0 Å². The van der Waals surface area contributed by atoms with Crippen LogP contribution in [-0.4, -0.2) is 25.2 Å². The number of ether oxygens (including phenoxy) is 2. The van der Waals surface area contributed by atoms with Crippen molar-refractivity contribution in [2.75, 3.05) is 18.9 Å². The molecule has 0 bridgehead atoms. The normalized spacial score (nSPS) is 10.6. The molecule has 0 radical (unpaired) electrons. The summed E-state index contributed by atoms with van der Waals surface area (Å²) in [4.78, 5) is 25.2. The molecule has 0 fully saturated rings. The van der Waals surface area contributed by atoms with Crippen molar-refractivity contribution >= 4 is 39.2 Å². The predicted octanol–water partition coefficient (Wildman–Crippen LogP) is 6.06. The standard InChI is InChI=1S/C24H31NO4S2/c1-2-23(26)28-17-4-3-5-18-29-24(27)8-6-7-19-9-13-21(14-10-19)30-31-22-15-11-20(25)12-16-22/h9-16H,2-8,17-18,25H2,1H3. The molecule has 31 heavy (non-hydrogen) atoms. The Morgan fingerprint density at radius 1 is 0.774 bits per heavy atom. The highest BCUT2D eigenvalue weighted by molar-refractivity contribution is 8.76. The molecule has 0 saturated heterocycles. The number of nitrogen functional groups attached to an aromatic ring is 1. The zero-order valence-electron chi connectivity index (χ0n) is 18.0. The number of anilines is 1.